The molecule has 1 aromatic carbocycles. The normalized spacial score (nSPS) is 10.6. The molecule has 162 valence electrons. The molecule has 0 saturated heterocycles. The molecule has 0 aliphatic heterocycles. The number of benzene rings is 1. The molecule has 0 radical (unpaired) electrons. The molecule has 0 atom stereocenters. The van der Waals surface area contributed by atoms with Crippen LogP contribution in [0.1, 0.15) is 28.3 Å². The van der Waals surface area contributed by atoms with Crippen LogP contribution in [-0.2, 0) is 16.0 Å². The fourth-order valence-corrected chi connectivity index (χ4v) is 3.30. The van der Waals surface area contributed by atoms with Gasteiger partial charge in [-0.3, -0.25) is 9.69 Å². The van der Waals surface area contributed by atoms with Gasteiger partial charge in [-0.1, -0.05) is 0 Å². The van der Waals surface area contributed by atoms with E-state index in [1.165, 1.54) is 12.0 Å². The number of hydrogen-bond donors (Lipinski definition) is 1. The fraction of sp³-hybridized carbons (Fsp3) is 0.318. The lowest BCUT2D eigenvalue weighted by atomic mass is 10.1. The average molecular weight is 422 g/mol. The van der Waals surface area contributed by atoms with Crippen LogP contribution in [0.4, 0.5) is 16.2 Å². The Morgan fingerprint density at radius 3 is 2.26 bits per heavy atom. The Morgan fingerprint density at radius 2 is 1.68 bits per heavy atom. The number of carbonyl (C=O) groups excluding carboxylic acids is 2. The Balaban J connectivity index is 1.74. The van der Waals surface area contributed by atoms with E-state index in [0.717, 1.165) is 28.3 Å². The summed E-state index contributed by atoms with van der Waals surface area (Å²) in [7, 11) is 2.94. The van der Waals surface area contributed by atoms with Crippen molar-refractivity contribution < 1.29 is 14.3 Å². The van der Waals surface area contributed by atoms with Crippen molar-refractivity contribution in [1.29, 1.82) is 0 Å². The maximum absolute atomic E-state index is 12.6. The molecule has 0 spiro atoms. The van der Waals surface area contributed by atoms with Crippen LogP contribution >= 0.6 is 0 Å². The second-order valence-electron chi connectivity index (χ2n) is 7.31. The molecule has 2 amide bonds. The summed E-state index contributed by atoms with van der Waals surface area (Å²) in [5.41, 5.74) is 5.42. The summed E-state index contributed by atoms with van der Waals surface area (Å²) >= 11 is 0. The van der Waals surface area contributed by atoms with Crippen LogP contribution in [0.2, 0.25) is 0 Å². The lowest BCUT2D eigenvalue weighted by Crippen LogP contribution is -2.25. The Morgan fingerprint density at radius 1 is 1.06 bits per heavy atom. The first kappa shape index (κ1) is 21.9. The van der Waals surface area contributed by atoms with E-state index in [1.54, 1.807) is 36.0 Å². The zero-order valence-corrected chi connectivity index (χ0v) is 18.6. The van der Waals surface area contributed by atoms with E-state index in [2.05, 4.69) is 20.4 Å². The highest BCUT2D eigenvalue weighted by molar-refractivity contribution is 5.93. The third-order valence-electron chi connectivity index (χ3n) is 4.93. The predicted octanol–water partition coefficient (Wildman–Crippen LogP) is 3.28. The van der Waals surface area contributed by atoms with Crippen LogP contribution < -0.4 is 10.2 Å². The molecule has 31 heavy (non-hydrogen) atoms. The second kappa shape index (κ2) is 8.95. The van der Waals surface area contributed by atoms with E-state index in [1.807, 2.05) is 33.8 Å². The number of anilines is 2. The summed E-state index contributed by atoms with van der Waals surface area (Å²) in [6, 6.07) is 8.84. The van der Waals surface area contributed by atoms with E-state index in [4.69, 9.17) is 4.74 Å². The number of hydrogen-bond acceptors (Lipinski definition) is 6. The van der Waals surface area contributed by atoms with Gasteiger partial charge >= 0.3 is 6.09 Å². The van der Waals surface area contributed by atoms with Crippen LogP contribution in [0.5, 0.6) is 0 Å². The van der Waals surface area contributed by atoms with Crippen molar-refractivity contribution in [1.82, 2.24) is 19.7 Å². The standard InChI is InChI=1S/C22H26N6O3/c1-13-11-14(2)24-21(23-13)28-16(4)19(15(3)26-28)12-20(29)25-17-7-9-18(10-8-17)27(5)22(30)31-6/h7-11H,12H2,1-6H3,(H,25,29). The van der Waals surface area contributed by atoms with Crippen molar-refractivity contribution in [3.8, 4) is 5.95 Å². The molecule has 9 heteroatoms. The number of carbonyl (C=O) groups is 2. The zero-order valence-electron chi connectivity index (χ0n) is 18.6. The van der Waals surface area contributed by atoms with Crippen molar-refractivity contribution in [2.24, 2.45) is 0 Å². The summed E-state index contributed by atoms with van der Waals surface area (Å²) in [6.07, 6.45) is -0.292. The summed E-state index contributed by atoms with van der Waals surface area (Å²) in [5.74, 6) is 0.330. The van der Waals surface area contributed by atoms with Crippen molar-refractivity contribution in [3.63, 3.8) is 0 Å². The molecule has 2 heterocycles. The minimum Gasteiger partial charge on any atom is -0.452 e. The van der Waals surface area contributed by atoms with Crippen LogP contribution in [-0.4, -0.2) is 45.9 Å². The molecular formula is C22H26N6O3. The first-order valence-electron chi connectivity index (χ1n) is 9.79. The zero-order chi connectivity index (χ0) is 22.7. The van der Waals surface area contributed by atoms with E-state index >= 15 is 0 Å². The van der Waals surface area contributed by atoms with Gasteiger partial charge in [0.25, 0.3) is 5.95 Å². The number of ether oxygens (including phenoxy) is 1. The average Bonchev–Trinajstić information content (AvgIpc) is 3.00. The lowest BCUT2D eigenvalue weighted by Gasteiger charge is -2.16. The summed E-state index contributed by atoms with van der Waals surface area (Å²) < 4.78 is 6.37. The summed E-state index contributed by atoms with van der Waals surface area (Å²) in [5, 5.41) is 7.42. The van der Waals surface area contributed by atoms with Gasteiger partial charge in [0.05, 0.1) is 19.2 Å². The fourth-order valence-electron chi connectivity index (χ4n) is 3.30. The predicted molar refractivity (Wildman–Crippen MR) is 118 cm³/mol. The topological polar surface area (TPSA) is 102 Å². The molecule has 9 nitrogen and oxygen atoms in total. The van der Waals surface area contributed by atoms with Crippen molar-refractivity contribution >= 4 is 23.4 Å². The van der Waals surface area contributed by atoms with Crippen LogP contribution in [0, 0.1) is 27.7 Å². The Kier molecular flexibility index (Phi) is 6.33. The molecule has 0 aliphatic carbocycles. The Hall–Kier alpha value is -3.75. The number of amides is 2. The molecule has 3 rings (SSSR count). The third-order valence-corrected chi connectivity index (χ3v) is 4.93. The number of aromatic nitrogens is 4. The quantitative estimate of drug-likeness (QED) is 0.677. The summed E-state index contributed by atoms with van der Waals surface area (Å²) in [6.45, 7) is 7.59. The molecular weight excluding hydrogens is 396 g/mol. The van der Waals surface area contributed by atoms with Crippen molar-refractivity contribution in [2.45, 2.75) is 34.1 Å². The second-order valence-corrected chi connectivity index (χ2v) is 7.31. The maximum Gasteiger partial charge on any atom is 0.413 e. The Bertz CT molecular complexity index is 1100. The minimum atomic E-state index is -0.465. The molecule has 0 unspecified atom stereocenters. The molecule has 3 aromatic rings. The van der Waals surface area contributed by atoms with Gasteiger partial charge < -0.3 is 10.1 Å². The van der Waals surface area contributed by atoms with Gasteiger partial charge in [-0.25, -0.2) is 19.4 Å². The van der Waals surface area contributed by atoms with Gasteiger partial charge in [0, 0.05) is 41.1 Å². The van der Waals surface area contributed by atoms with Crippen LogP contribution in [0.3, 0.4) is 0 Å². The third kappa shape index (κ3) is 4.88. The monoisotopic (exact) mass is 422 g/mol. The number of aryl methyl sites for hydroxylation is 3. The highest BCUT2D eigenvalue weighted by Gasteiger charge is 2.18. The van der Waals surface area contributed by atoms with E-state index in [0.29, 0.717) is 17.3 Å². The Labute approximate surface area is 181 Å². The molecule has 0 saturated carbocycles. The molecule has 0 aliphatic rings. The van der Waals surface area contributed by atoms with Gasteiger partial charge in [0.15, 0.2) is 0 Å². The number of rotatable bonds is 5. The van der Waals surface area contributed by atoms with Crippen LogP contribution in [0.25, 0.3) is 5.95 Å². The maximum atomic E-state index is 12.6. The first-order chi connectivity index (χ1) is 14.7. The highest BCUT2D eigenvalue weighted by atomic mass is 16.5. The van der Waals surface area contributed by atoms with Crippen molar-refractivity contribution in [2.75, 3.05) is 24.4 Å². The van der Waals surface area contributed by atoms with E-state index in [9.17, 15) is 9.59 Å². The van der Waals surface area contributed by atoms with Crippen molar-refractivity contribution in [3.05, 3.63) is 58.7 Å². The molecule has 0 fully saturated rings. The lowest BCUT2D eigenvalue weighted by molar-refractivity contribution is -0.115. The van der Waals surface area contributed by atoms with Gasteiger partial charge in [-0.2, -0.15) is 5.10 Å². The van der Waals surface area contributed by atoms with Gasteiger partial charge in [-0.15, -0.1) is 0 Å². The largest absolute Gasteiger partial charge is 0.452 e. The number of methoxy groups -OCH3 is 1. The highest BCUT2D eigenvalue weighted by Crippen LogP contribution is 2.20. The molecule has 1 N–H and O–H groups in total. The van der Waals surface area contributed by atoms with Gasteiger partial charge in [-0.05, 0) is 58.0 Å². The number of nitrogens with one attached hydrogen (secondary N) is 1. The minimum absolute atomic E-state index is 0.166. The van der Waals surface area contributed by atoms with Crippen LogP contribution in [0.15, 0.2) is 30.3 Å². The van der Waals surface area contributed by atoms with E-state index in [-0.39, 0.29) is 12.3 Å². The smallest absolute Gasteiger partial charge is 0.413 e. The van der Waals surface area contributed by atoms with Gasteiger partial charge in [0.1, 0.15) is 0 Å². The molecule has 2 aromatic heterocycles. The SMILES string of the molecule is COC(=O)N(C)c1ccc(NC(=O)Cc2c(C)nn(-c3nc(C)cc(C)n3)c2C)cc1. The number of nitrogens with zero attached hydrogens (tertiary/aromatic N) is 5. The van der Waals surface area contributed by atoms with E-state index < -0.39 is 6.09 Å². The molecule has 0 bridgehead atoms. The van der Waals surface area contributed by atoms with Gasteiger partial charge in [0.2, 0.25) is 5.91 Å². The summed E-state index contributed by atoms with van der Waals surface area (Å²) in [4.78, 5) is 34.5. The first-order valence-corrected chi connectivity index (χ1v) is 9.79.